The molecule has 92 valence electrons. The Morgan fingerprint density at radius 2 is 1.69 bits per heavy atom. The minimum Gasteiger partial charge on any atom is -0.356 e. The second kappa shape index (κ2) is 10.5. The minimum absolute atomic E-state index is 0.0482. The molecule has 2 amide bonds. The van der Waals surface area contributed by atoms with Crippen molar-refractivity contribution in [1.29, 1.82) is 0 Å². The maximum absolute atomic E-state index is 11.3. The van der Waals surface area contributed by atoms with Crippen LogP contribution < -0.4 is 11.1 Å². The second-order valence-electron chi connectivity index (χ2n) is 3.89. The molecule has 0 spiro atoms. The van der Waals surface area contributed by atoms with Crippen LogP contribution in [0.3, 0.4) is 0 Å². The molecule has 2 radical (unpaired) electrons. The van der Waals surface area contributed by atoms with Gasteiger partial charge in [-0.05, 0) is 19.3 Å². The fraction of sp³-hybridized carbons (Fsp3) is 0.750. The molecule has 0 aliphatic heterocycles. The van der Waals surface area contributed by atoms with Gasteiger partial charge in [0.1, 0.15) is 0 Å². The van der Waals surface area contributed by atoms with Gasteiger partial charge in [-0.15, -0.1) is 0 Å². The van der Waals surface area contributed by atoms with E-state index in [1.165, 1.54) is 0 Å². The third kappa shape index (κ3) is 11.0. The van der Waals surface area contributed by atoms with Crippen molar-refractivity contribution in [3.05, 3.63) is 6.92 Å². The van der Waals surface area contributed by atoms with Crippen molar-refractivity contribution in [1.82, 2.24) is 11.1 Å². The molecule has 2 N–H and O–H groups in total. The lowest BCUT2D eigenvalue weighted by molar-refractivity contribution is -0.122. The highest BCUT2D eigenvalue weighted by Crippen LogP contribution is 2.00. The van der Waals surface area contributed by atoms with E-state index in [0.717, 1.165) is 32.2 Å². The van der Waals surface area contributed by atoms with Gasteiger partial charge in [-0.2, -0.15) is 0 Å². The molecule has 0 saturated heterocycles. The van der Waals surface area contributed by atoms with E-state index in [1.54, 1.807) is 0 Å². The van der Waals surface area contributed by atoms with Gasteiger partial charge in [0.25, 0.3) is 0 Å². The molecule has 16 heavy (non-hydrogen) atoms. The van der Waals surface area contributed by atoms with E-state index in [2.05, 4.69) is 12.2 Å². The fourth-order valence-corrected chi connectivity index (χ4v) is 1.37. The van der Waals surface area contributed by atoms with Crippen LogP contribution in [0.25, 0.3) is 0 Å². The first kappa shape index (κ1) is 14.9. The molecule has 0 aromatic rings. The number of hydrogen-bond donors (Lipinski definition) is 1. The van der Waals surface area contributed by atoms with Crippen molar-refractivity contribution in [2.45, 2.75) is 51.4 Å². The molecule has 0 aromatic heterocycles. The molecule has 0 saturated carbocycles. The van der Waals surface area contributed by atoms with Crippen molar-refractivity contribution < 1.29 is 9.59 Å². The number of carbonyl (C=O) groups excluding carboxylic acids is 2. The Balaban J connectivity index is 3.21. The number of amides is 2. The third-order valence-corrected chi connectivity index (χ3v) is 2.31. The molecular weight excluding hydrogens is 204 g/mol. The van der Waals surface area contributed by atoms with E-state index in [9.17, 15) is 9.59 Å². The summed E-state index contributed by atoms with van der Waals surface area (Å²) in [6.07, 6.45) is 6.23. The Kier molecular flexibility index (Phi) is 9.76. The van der Waals surface area contributed by atoms with Crippen LogP contribution in [-0.2, 0) is 9.59 Å². The highest BCUT2D eigenvalue weighted by molar-refractivity contribution is 5.76. The van der Waals surface area contributed by atoms with Gasteiger partial charge in [-0.3, -0.25) is 15.3 Å². The maximum Gasteiger partial charge on any atom is 0.238 e. The largest absolute Gasteiger partial charge is 0.356 e. The molecular formula is C12H22N2O2. The molecule has 0 aliphatic carbocycles. The third-order valence-electron chi connectivity index (χ3n) is 2.31. The van der Waals surface area contributed by atoms with E-state index in [4.69, 9.17) is 5.73 Å². The Hall–Kier alpha value is -1.06. The summed E-state index contributed by atoms with van der Waals surface area (Å²) < 4.78 is 0. The predicted molar refractivity (Wildman–Crippen MR) is 63.4 cm³/mol. The normalized spacial score (nSPS) is 10.1. The van der Waals surface area contributed by atoms with Crippen molar-refractivity contribution >= 4 is 11.8 Å². The molecule has 0 aliphatic rings. The van der Waals surface area contributed by atoms with E-state index in [0.29, 0.717) is 19.3 Å². The number of rotatable bonds is 10. The molecule has 0 atom stereocenters. The van der Waals surface area contributed by atoms with Crippen molar-refractivity contribution in [3.8, 4) is 0 Å². The van der Waals surface area contributed by atoms with Crippen LogP contribution in [0.1, 0.15) is 51.4 Å². The van der Waals surface area contributed by atoms with Crippen molar-refractivity contribution in [2.24, 2.45) is 0 Å². The lowest BCUT2D eigenvalue weighted by Gasteiger charge is -2.04. The fourth-order valence-electron chi connectivity index (χ4n) is 1.37. The first-order chi connectivity index (χ1) is 7.66. The first-order valence-corrected chi connectivity index (χ1v) is 5.97. The smallest absolute Gasteiger partial charge is 0.238 e. The van der Waals surface area contributed by atoms with Crippen molar-refractivity contribution in [2.75, 3.05) is 6.54 Å². The Labute approximate surface area is 98.0 Å². The number of carbonyl (C=O) groups is 2. The molecule has 0 rings (SSSR count). The number of nitrogens with one attached hydrogen (secondary N) is 2. The van der Waals surface area contributed by atoms with Crippen LogP contribution >= 0.6 is 0 Å². The first-order valence-electron chi connectivity index (χ1n) is 5.97. The van der Waals surface area contributed by atoms with E-state index in [1.807, 2.05) is 0 Å². The van der Waals surface area contributed by atoms with Gasteiger partial charge in [-0.1, -0.05) is 26.2 Å². The maximum atomic E-state index is 11.3. The lowest BCUT2D eigenvalue weighted by atomic mass is 10.1. The SMILES string of the molecule is [CH2]CCCCCNC(=O)CCCCC([NH])=O. The van der Waals surface area contributed by atoms with Gasteiger partial charge in [0.2, 0.25) is 11.8 Å². The van der Waals surface area contributed by atoms with Crippen LogP contribution in [0.15, 0.2) is 0 Å². The van der Waals surface area contributed by atoms with Crippen LogP contribution in [0.4, 0.5) is 0 Å². The second-order valence-corrected chi connectivity index (χ2v) is 3.89. The van der Waals surface area contributed by atoms with Gasteiger partial charge >= 0.3 is 0 Å². The molecule has 0 unspecified atom stereocenters. The molecule has 4 heteroatoms. The average Bonchev–Trinajstić information content (AvgIpc) is 2.24. The highest BCUT2D eigenvalue weighted by Gasteiger charge is 2.01. The van der Waals surface area contributed by atoms with Gasteiger partial charge in [0, 0.05) is 19.4 Å². The minimum atomic E-state index is -0.548. The predicted octanol–water partition coefficient (Wildman–Crippen LogP) is 1.87. The lowest BCUT2D eigenvalue weighted by Crippen LogP contribution is -2.24. The summed E-state index contributed by atoms with van der Waals surface area (Å²) in [6.45, 7) is 4.48. The van der Waals surface area contributed by atoms with Gasteiger partial charge in [0.05, 0.1) is 0 Å². The number of hydrogen-bond acceptors (Lipinski definition) is 2. The average molecular weight is 226 g/mol. The molecule has 0 heterocycles. The summed E-state index contributed by atoms with van der Waals surface area (Å²) in [5, 5.41) is 2.84. The zero-order valence-corrected chi connectivity index (χ0v) is 9.89. The molecule has 0 fully saturated rings. The van der Waals surface area contributed by atoms with Crippen molar-refractivity contribution in [3.63, 3.8) is 0 Å². The Bertz CT molecular complexity index is 205. The van der Waals surface area contributed by atoms with Crippen LogP contribution in [0.2, 0.25) is 0 Å². The summed E-state index contributed by atoms with van der Waals surface area (Å²) in [6, 6.07) is 0. The summed E-state index contributed by atoms with van der Waals surface area (Å²) in [5.41, 5.74) is 6.69. The van der Waals surface area contributed by atoms with Crippen LogP contribution in [-0.4, -0.2) is 18.4 Å². The zero-order chi connectivity index (χ0) is 12.2. The summed E-state index contributed by atoms with van der Waals surface area (Å²) in [4.78, 5) is 21.6. The highest BCUT2D eigenvalue weighted by atomic mass is 16.1. The monoisotopic (exact) mass is 226 g/mol. The Morgan fingerprint density at radius 3 is 2.31 bits per heavy atom. The zero-order valence-electron chi connectivity index (χ0n) is 9.89. The number of unbranched alkanes of at least 4 members (excludes halogenated alkanes) is 4. The molecule has 0 aromatic carbocycles. The van der Waals surface area contributed by atoms with Gasteiger partial charge in [-0.25, -0.2) is 0 Å². The van der Waals surface area contributed by atoms with Gasteiger partial charge in [0.15, 0.2) is 0 Å². The summed E-state index contributed by atoms with van der Waals surface area (Å²) in [7, 11) is 0. The van der Waals surface area contributed by atoms with E-state index in [-0.39, 0.29) is 12.3 Å². The van der Waals surface area contributed by atoms with Crippen LogP contribution in [0.5, 0.6) is 0 Å². The summed E-state index contributed by atoms with van der Waals surface area (Å²) in [5.74, 6) is -0.499. The van der Waals surface area contributed by atoms with E-state index >= 15 is 0 Å². The van der Waals surface area contributed by atoms with E-state index < -0.39 is 5.91 Å². The summed E-state index contributed by atoms with van der Waals surface area (Å²) >= 11 is 0. The molecule has 0 bridgehead atoms. The molecule has 4 nitrogen and oxygen atoms in total. The Morgan fingerprint density at radius 1 is 1.00 bits per heavy atom. The van der Waals surface area contributed by atoms with Gasteiger partial charge < -0.3 is 5.32 Å². The van der Waals surface area contributed by atoms with Crippen LogP contribution in [0, 0.1) is 6.92 Å². The standard InChI is InChI=1S/C12H22N2O2/c1-2-3-4-7-10-14-12(16)9-6-5-8-11(13)15/h13H,1-10H2,(H,14,16). The quantitative estimate of drug-likeness (QED) is 0.578. The topological polar surface area (TPSA) is 70.0 Å².